The summed E-state index contributed by atoms with van der Waals surface area (Å²) in [5.41, 5.74) is 0. The van der Waals surface area contributed by atoms with E-state index in [-0.39, 0.29) is 0 Å². The van der Waals surface area contributed by atoms with E-state index in [9.17, 15) is 0 Å². The SMILES string of the molecule is c1c[c]([Sn]([CH]2CCCCC2)([CH]2CCCCC2)[CH]2CCCCC2)cc[c]1[Sn]([CH]1CCCCC1)([CH]1CCCCC1)[CH]1CCCCC1. The molecule has 0 amide bonds. The Morgan fingerprint density at radius 3 is 0.568 bits per heavy atom. The summed E-state index contributed by atoms with van der Waals surface area (Å²) >= 11 is -5.47. The molecule has 0 radical (unpaired) electrons. The van der Waals surface area contributed by atoms with Crippen LogP contribution in [0.3, 0.4) is 0 Å². The van der Waals surface area contributed by atoms with Crippen molar-refractivity contribution in [3.8, 4) is 0 Å². The van der Waals surface area contributed by atoms with Gasteiger partial charge in [0.2, 0.25) is 0 Å². The molecule has 0 unspecified atom stereocenters. The molecule has 1 aromatic carbocycles. The molecule has 6 fully saturated rings. The molecule has 0 aromatic heterocycles. The van der Waals surface area contributed by atoms with Gasteiger partial charge in [-0.25, -0.2) is 0 Å². The summed E-state index contributed by atoms with van der Waals surface area (Å²) in [5.74, 6) is 0. The van der Waals surface area contributed by atoms with E-state index in [2.05, 4.69) is 31.4 Å². The summed E-state index contributed by atoms with van der Waals surface area (Å²) < 4.78 is 11.2. The van der Waals surface area contributed by atoms with Crippen LogP contribution in [0.25, 0.3) is 0 Å². The number of benzene rings is 1. The van der Waals surface area contributed by atoms with Crippen LogP contribution in [-0.4, -0.2) is 36.8 Å². The quantitative estimate of drug-likeness (QED) is 0.229. The Hall–Kier alpha value is 0.817. The van der Waals surface area contributed by atoms with Crippen molar-refractivity contribution in [2.45, 2.75) is 216 Å². The molecule has 1 aromatic rings. The fraction of sp³-hybridized carbons (Fsp3) is 0.857. The van der Waals surface area contributed by atoms with E-state index in [4.69, 9.17) is 0 Å². The summed E-state index contributed by atoms with van der Waals surface area (Å²) in [5, 5.41) is 0. The van der Waals surface area contributed by atoms with Crippen LogP contribution in [0.5, 0.6) is 0 Å². The average molecular weight is 812 g/mol. The van der Waals surface area contributed by atoms with Gasteiger partial charge < -0.3 is 0 Å². The topological polar surface area (TPSA) is 0 Å². The van der Waals surface area contributed by atoms with Gasteiger partial charge >= 0.3 is 284 Å². The van der Waals surface area contributed by atoms with E-state index in [1.807, 2.05) is 0 Å². The van der Waals surface area contributed by atoms with Crippen molar-refractivity contribution < 1.29 is 0 Å². The number of hydrogen-bond acceptors (Lipinski definition) is 0. The summed E-state index contributed by atoms with van der Waals surface area (Å²) in [6.45, 7) is 0. The Morgan fingerprint density at radius 2 is 0.409 bits per heavy atom. The van der Waals surface area contributed by atoms with Crippen molar-refractivity contribution in [1.82, 2.24) is 0 Å². The van der Waals surface area contributed by atoms with Crippen molar-refractivity contribution in [3.05, 3.63) is 24.3 Å². The third-order valence-electron chi connectivity index (χ3n) is 15.6. The zero-order chi connectivity index (χ0) is 29.7. The van der Waals surface area contributed by atoms with E-state index in [0.29, 0.717) is 0 Å². The van der Waals surface area contributed by atoms with Crippen molar-refractivity contribution >= 4 is 43.9 Å². The van der Waals surface area contributed by atoms with Crippen LogP contribution in [0.1, 0.15) is 193 Å². The average Bonchev–Trinajstić information content (AvgIpc) is 3.12. The van der Waals surface area contributed by atoms with Crippen molar-refractivity contribution in [2.75, 3.05) is 0 Å². The number of hydrogen-bond donors (Lipinski definition) is 0. The summed E-state index contributed by atoms with van der Waals surface area (Å²) in [6.07, 6.45) is 47.4. The van der Waals surface area contributed by atoms with Gasteiger partial charge in [-0.15, -0.1) is 0 Å². The van der Waals surface area contributed by atoms with E-state index < -0.39 is 36.8 Å². The third-order valence-corrected chi connectivity index (χ3v) is 56.2. The van der Waals surface area contributed by atoms with Gasteiger partial charge in [0.05, 0.1) is 0 Å². The predicted molar refractivity (Wildman–Crippen MR) is 198 cm³/mol. The molecular formula is C42H70Sn2. The van der Waals surface area contributed by atoms with Gasteiger partial charge in [0, 0.05) is 0 Å². The van der Waals surface area contributed by atoms with E-state index in [1.165, 1.54) is 62.1 Å². The van der Waals surface area contributed by atoms with Crippen LogP contribution >= 0.6 is 0 Å². The first-order valence-electron chi connectivity index (χ1n) is 21.0. The zero-order valence-corrected chi connectivity index (χ0v) is 34.7. The standard InChI is InChI=1S/6C6H11.C6H4.2Sn/c7*1-2-4-6-5-3-1;;/h6*1H,2-6H2;1-2,5-6H;;. The Bertz CT molecular complexity index is 805. The molecule has 2 heteroatoms. The molecular weight excluding hydrogens is 742 g/mol. The van der Waals surface area contributed by atoms with E-state index >= 15 is 0 Å². The van der Waals surface area contributed by atoms with Crippen LogP contribution < -0.4 is 7.16 Å². The fourth-order valence-corrected chi connectivity index (χ4v) is 61.0. The molecule has 6 aliphatic carbocycles. The molecule has 0 bridgehead atoms. The van der Waals surface area contributed by atoms with Crippen molar-refractivity contribution in [1.29, 1.82) is 0 Å². The Balaban J connectivity index is 1.34. The first kappa shape index (κ1) is 33.3. The Morgan fingerprint density at radius 1 is 0.250 bits per heavy atom. The van der Waals surface area contributed by atoms with Crippen molar-refractivity contribution in [2.24, 2.45) is 0 Å². The normalized spacial score (nSPS) is 27.5. The van der Waals surface area contributed by atoms with Gasteiger partial charge in [0.15, 0.2) is 0 Å². The second-order valence-electron chi connectivity index (χ2n) is 17.5. The van der Waals surface area contributed by atoms with E-state index in [0.717, 1.165) is 0 Å². The monoisotopic (exact) mass is 814 g/mol. The summed E-state index contributed by atoms with van der Waals surface area (Å²) in [6, 6.07) is 12.0. The van der Waals surface area contributed by atoms with Gasteiger partial charge in [-0.3, -0.25) is 0 Å². The van der Waals surface area contributed by atoms with Crippen LogP contribution in [0, 0.1) is 0 Å². The third kappa shape index (κ3) is 6.56. The van der Waals surface area contributed by atoms with Crippen LogP contribution in [0.2, 0.25) is 23.6 Å². The Labute approximate surface area is 282 Å². The summed E-state index contributed by atoms with van der Waals surface area (Å²) in [7, 11) is 0. The molecule has 44 heavy (non-hydrogen) atoms. The minimum absolute atomic E-state index is 1.17. The predicted octanol–water partition coefficient (Wildman–Crippen LogP) is 13.0. The molecule has 0 aliphatic heterocycles. The number of rotatable bonds is 8. The van der Waals surface area contributed by atoms with Gasteiger partial charge in [0.25, 0.3) is 0 Å². The van der Waals surface area contributed by atoms with Gasteiger partial charge in [-0.05, 0) is 0 Å². The Kier molecular flexibility index (Phi) is 12.1. The molecule has 246 valence electrons. The van der Waals surface area contributed by atoms with Gasteiger partial charge in [-0.2, -0.15) is 0 Å². The second kappa shape index (κ2) is 16.0. The molecule has 6 aliphatic rings. The maximum absolute atomic E-state index is 3.00. The molecule has 0 spiro atoms. The molecule has 7 rings (SSSR count). The van der Waals surface area contributed by atoms with Crippen LogP contribution in [0.15, 0.2) is 24.3 Å². The van der Waals surface area contributed by atoms with Crippen LogP contribution in [-0.2, 0) is 0 Å². The molecule has 6 saturated carbocycles. The van der Waals surface area contributed by atoms with E-state index in [1.54, 1.807) is 154 Å². The van der Waals surface area contributed by atoms with Crippen molar-refractivity contribution in [3.63, 3.8) is 0 Å². The molecule has 0 saturated heterocycles. The zero-order valence-electron chi connectivity index (χ0n) is 29.0. The van der Waals surface area contributed by atoms with Gasteiger partial charge in [0.1, 0.15) is 0 Å². The fourth-order valence-electron chi connectivity index (χ4n) is 13.9. The maximum atomic E-state index is 3.00. The summed E-state index contributed by atoms with van der Waals surface area (Å²) in [4.78, 5) is 0. The first-order chi connectivity index (χ1) is 21.8. The molecule has 0 N–H and O–H groups in total. The van der Waals surface area contributed by atoms with Crippen LogP contribution in [0.4, 0.5) is 0 Å². The van der Waals surface area contributed by atoms with Gasteiger partial charge in [-0.1, -0.05) is 0 Å². The minimum atomic E-state index is -2.74. The molecule has 0 heterocycles. The first-order valence-corrected chi connectivity index (χ1v) is 33.7. The second-order valence-corrected chi connectivity index (χ2v) is 45.4. The molecule has 0 nitrogen and oxygen atoms in total. The molecule has 0 atom stereocenters.